The SMILES string of the molecule is Cc1nc(CCNC(=O)CCC(=O)c2ccc(C)c(C)c2)cs1. The quantitative estimate of drug-likeness (QED) is 0.792. The molecule has 1 heterocycles. The smallest absolute Gasteiger partial charge is 0.220 e. The van der Waals surface area contributed by atoms with Crippen molar-refractivity contribution in [2.75, 3.05) is 6.54 Å². The number of carbonyl (C=O) groups excluding carboxylic acids is 2. The zero-order chi connectivity index (χ0) is 16.8. The standard InChI is InChI=1S/C18H22N2O2S/c1-12-4-5-15(10-13(12)2)17(21)6-7-18(22)19-9-8-16-11-23-14(3)20-16/h4-5,10-11H,6-9H2,1-3H3,(H,19,22). The van der Waals surface area contributed by atoms with Crippen molar-refractivity contribution in [1.82, 2.24) is 10.3 Å². The molecular formula is C18H22N2O2S. The molecule has 5 heteroatoms. The number of aryl methyl sites for hydroxylation is 3. The van der Waals surface area contributed by atoms with Crippen LogP contribution in [0.25, 0.3) is 0 Å². The lowest BCUT2D eigenvalue weighted by Crippen LogP contribution is -2.26. The molecule has 0 bridgehead atoms. The van der Waals surface area contributed by atoms with E-state index in [-0.39, 0.29) is 24.5 Å². The Morgan fingerprint density at radius 3 is 2.57 bits per heavy atom. The maximum atomic E-state index is 12.1. The van der Waals surface area contributed by atoms with Crippen LogP contribution in [0, 0.1) is 20.8 Å². The minimum atomic E-state index is -0.0888. The van der Waals surface area contributed by atoms with E-state index in [1.165, 1.54) is 0 Å². The van der Waals surface area contributed by atoms with Crippen LogP contribution in [0.3, 0.4) is 0 Å². The van der Waals surface area contributed by atoms with Crippen LogP contribution in [0.1, 0.15) is 45.0 Å². The van der Waals surface area contributed by atoms with Crippen molar-refractivity contribution in [3.8, 4) is 0 Å². The van der Waals surface area contributed by atoms with Crippen molar-refractivity contribution in [2.24, 2.45) is 0 Å². The Kier molecular flexibility index (Phi) is 6.04. The van der Waals surface area contributed by atoms with E-state index in [9.17, 15) is 9.59 Å². The monoisotopic (exact) mass is 330 g/mol. The summed E-state index contributed by atoms with van der Waals surface area (Å²) in [5.74, 6) is -0.0764. The second-order valence-corrected chi connectivity index (χ2v) is 6.74. The molecule has 122 valence electrons. The molecule has 2 aromatic rings. The highest BCUT2D eigenvalue weighted by Crippen LogP contribution is 2.12. The highest BCUT2D eigenvalue weighted by molar-refractivity contribution is 7.09. The van der Waals surface area contributed by atoms with E-state index in [2.05, 4.69) is 10.3 Å². The fourth-order valence-corrected chi connectivity index (χ4v) is 2.87. The number of hydrogen-bond donors (Lipinski definition) is 1. The maximum absolute atomic E-state index is 12.1. The first-order valence-electron chi connectivity index (χ1n) is 7.74. The molecule has 0 unspecified atom stereocenters. The van der Waals surface area contributed by atoms with Gasteiger partial charge in [-0.15, -0.1) is 11.3 Å². The van der Waals surface area contributed by atoms with Gasteiger partial charge in [-0.25, -0.2) is 4.98 Å². The van der Waals surface area contributed by atoms with Crippen molar-refractivity contribution >= 4 is 23.0 Å². The number of hydrogen-bond acceptors (Lipinski definition) is 4. The van der Waals surface area contributed by atoms with Gasteiger partial charge >= 0.3 is 0 Å². The molecule has 2 rings (SSSR count). The van der Waals surface area contributed by atoms with Gasteiger partial charge in [-0.1, -0.05) is 12.1 Å². The normalized spacial score (nSPS) is 10.6. The van der Waals surface area contributed by atoms with E-state index in [0.29, 0.717) is 12.1 Å². The van der Waals surface area contributed by atoms with Gasteiger partial charge in [0.15, 0.2) is 5.78 Å². The molecule has 0 saturated carbocycles. The summed E-state index contributed by atoms with van der Waals surface area (Å²) in [6.45, 7) is 6.52. The zero-order valence-corrected chi connectivity index (χ0v) is 14.6. The van der Waals surface area contributed by atoms with Gasteiger partial charge < -0.3 is 5.32 Å². The molecule has 1 aromatic carbocycles. The van der Waals surface area contributed by atoms with Gasteiger partial charge in [-0.05, 0) is 38.0 Å². The summed E-state index contributed by atoms with van der Waals surface area (Å²) in [5.41, 5.74) is 3.94. The van der Waals surface area contributed by atoms with Crippen LogP contribution in [-0.4, -0.2) is 23.2 Å². The van der Waals surface area contributed by atoms with Crippen molar-refractivity contribution in [3.63, 3.8) is 0 Å². The number of amides is 1. The molecule has 0 atom stereocenters. The molecule has 4 nitrogen and oxygen atoms in total. The molecule has 1 N–H and O–H groups in total. The van der Waals surface area contributed by atoms with Gasteiger partial charge in [0.25, 0.3) is 0 Å². The first kappa shape index (κ1) is 17.3. The molecule has 0 radical (unpaired) electrons. The maximum Gasteiger partial charge on any atom is 0.220 e. The van der Waals surface area contributed by atoms with Gasteiger partial charge in [0.05, 0.1) is 10.7 Å². The number of aromatic nitrogens is 1. The molecule has 23 heavy (non-hydrogen) atoms. The summed E-state index contributed by atoms with van der Waals surface area (Å²) in [5, 5.41) is 5.88. The van der Waals surface area contributed by atoms with Crippen LogP contribution in [0.15, 0.2) is 23.6 Å². The molecule has 0 aliphatic rings. The lowest BCUT2D eigenvalue weighted by Gasteiger charge is -2.06. The topological polar surface area (TPSA) is 59.1 Å². The number of carbonyl (C=O) groups is 2. The van der Waals surface area contributed by atoms with Gasteiger partial charge in [0.2, 0.25) is 5.91 Å². The fraction of sp³-hybridized carbons (Fsp3) is 0.389. The minimum Gasteiger partial charge on any atom is -0.356 e. The number of Topliss-reactive ketones (excluding diaryl/α,β-unsaturated/α-hetero) is 1. The van der Waals surface area contributed by atoms with E-state index in [1.54, 1.807) is 11.3 Å². The molecule has 0 fully saturated rings. The van der Waals surface area contributed by atoms with Crippen LogP contribution in [0.4, 0.5) is 0 Å². The van der Waals surface area contributed by atoms with Gasteiger partial charge in [-0.3, -0.25) is 9.59 Å². The Labute approximate surface area is 141 Å². The summed E-state index contributed by atoms with van der Waals surface area (Å²) in [4.78, 5) is 28.3. The highest BCUT2D eigenvalue weighted by atomic mass is 32.1. The number of ketones is 1. The molecular weight excluding hydrogens is 308 g/mol. The van der Waals surface area contributed by atoms with Gasteiger partial charge in [0, 0.05) is 36.8 Å². The number of benzene rings is 1. The number of rotatable bonds is 7. The third-order valence-electron chi connectivity index (χ3n) is 3.78. The number of nitrogens with one attached hydrogen (secondary N) is 1. The molecule has 0 spiro atoms. The Morgan fingerprint density at radius 2 is 1.91 bits per heavy atom. The Hall–Kier alpha value is -2.01. The Balaban J connectivity index is 1.73. The van der Waals surface area contributed by atoms with E-state index < -0.39 is 0 Å². The molecule has 1 aromatic heterocycles. The van der Waals surface area contributed by atoms with Crippen molar-refractivity contribution in [1.29, 1.82) is 0 Å². The van der Waals surface area contributed by atoms with E-state index >= 15 is 0 Å². The first-order valence-corrected chi connectivity index (χ1v) is 8.62. The van der Waals surface area contributed by atoms with Gasteiger partial charge in [0.1, 0.15) is 0 Å². The Morgan fingerprint density at radius 1 is 1.13 bits per heavy atom. The van der Waals surface area contributed by atoms with Crippen LogP contribution >= 0.6 is 11.3 Å². The largest absolute Gasteiger partial charge is 0.356 e. The fourth-order valence-electron chi connectivity index (χ4n) is 2.23. The van der Waals surface area contributed by atoms with Gasteiger partial charge in [-0.2, -0.15) is 0 Å². The van der Waals surface area contributed by atoms with Crippen molar-refractivity contribution in [3.05, 3.63) is 51.0 Å². The second-order valence-electron chi connectivity index (χ2n) is 5.68. The second kappa shape index (κ2) is 8.02. The van der Waals surface area contributed by atoms with Crippen molar-refractivity contribution in [2.45, 2.75) is 40.0 Å². The third-order valence-corrected chi connectivity index (χ3v) is 4.60. The van der Waals surface area contributed by atoms with E-state index in [1.807, 2.05) is 44.4 Å². The van der Waals surface area contributed by atoms with Crippen molar-refractivity contribution < 1.29 is 9.59 Å². The number of nitrogens with zero attached hydrogens (tertiary/aromatic N) is 1. The van der Waals surface area contributed by atoms with Crippen LogP contribution in [0.5, 0.6) is 0 Å². The molecule has 0 aliphatic carbocycles. The summed E-state index contributed by atoms with van der Waals surface area (Å²) < 4.78 is 0. The average molecular weight is 330 g/mol. The number of thiazole rings is 1. The van der Waals surface area contributed by atoms with Crippen LogP contribution in [0.2, 0.25) is 0 Å². The highest BCUT2D eigenvalue weighted by Gasteiger charge is 2.10. The van der Waals surface area contributed by atoms with E-state index in [0.717, 1.165) is 28.2 Å². The summed E-state index contributed by atoms with van der Waals surface area (Å²) in [7, 11) is 0. The molecule has 0 aliphatic heterocycles. The lowest BCUT2D eigenvalue weighted by atomic mass is 10.0. The van der Waals surface area contributed by atoms with Crippen LogP contribution in [-0.2, 0) is 11.2 Å². The zero-order valence-electron chi connectivity index (χ0n) is 13.8. The molecule has 1 amide bonds. The molecule has 0 saturated heterocycles. The first-order chi connectivity index (χ1) is 11.0. The summed E-state index contributed by atoms with van der Waals surface area (Å²) in [6.07, 6.45) is 1.19. The third kappa shape index (κ3) is 5.28. The summed E-state index contributed by atoms with van der Waals surface area (Å²) in [6, 6.07) is 5.66. The van der Waals surface area contributed by atoms with Crippen LogP contribution < -0.4 is 5.32 Å². The predicted molar refractivity (Wildman–Crippen MR) is 93.0 cm³/mol. The van der Waals surface area contributed by atoms with E-state index in [4.69, 9.17) is 0 Å². The predicted octanol–water partition coefficient (Wildman–Crippen LogP) is 3.39. The minimum absolute atomic E-state index is 0.0124. The Bertz CT molecular complexity index is 707. The lowest BCUT2D eigenvalue weighted by molar-refractivity contribution is -0.121. The summed E-state index contributed by atoms with van der Waals surface area (Å²) >= 11 is 1.61. The average Bonchev–Trinajstić information content (AvgIpc) is 2.93.